The molecule has 0 heterocycles. The molecule has 22 heavy (non-hydrogen) atoms. The molecular weight excluding hydrogens is 290 g/mol. The van der Waals surface area contributed by atoms with Crippen LogP contribution in [0.2, 0.25) is 0 Å². The SMILES string of the molecule is CCCCCCCC(=O)Oc1cc(C(=O)O)ccc1[N+](=O)[O-]. The molecule has 7 nitrogen and oxygen atoms in total. The van der Waals surface area contributed by atoms with Gasteiger partial charge in [-0.2, -0.15) is 0 Å². The zero-order valence-electron chi connectivity index (χ0n) is 12.4. The van der Waals surface area contributed by atoms with E-state index in [9.17, 15) is 19.7 Å². The minimum atomic E-state index is -1.24. The van der Waals surface area contributed by atoms with Crippen LogP contribution in [0.3, 0.4) is 0 Å². The highest BCUT2D eigenvalue weighted by Gasteiger charge is 2.20. The highest BCUT2D eigenvalue weighted by Crippen LogP contribution is 2.28. The Morgan fingerprint density at radius 1 is 1.23 bits per heavy atom. The standard InChI is InChI=1S/C15H19NO6/c1-2-3-4-5-6-7-14(17)22-13-10-11(15(18)19)8-9-12(13)16(20)21/h8-10H,2-7H2,1H3,(H,18,19). The first-order valence-electron chi connectivity index (χ1n) is 7.18. The van der Waals surface area contributed by atoms with Crippen LogP contribution in [0.4, 0.5) is 5.69 Å². The third-order valence-electron chi connectivity index (χ3n) is 3.11. The number of carbonyl (C=O) groups excluding carboxylic acids is 1. The number of benzene rings is 1. The van der Waals surface area contributed by atoms with E-state index < -0.39 is 22.5 Å². The van der Waals surface area contributed by atoms with E-state index >= 15 is 0 Å². The molecule has 1 aromatic rings. The Balaban J connectivity index is 2.69. The van der Waals surface area contributed by atoms with Gasteiger partial charge >= 0.3 is 17.6 Å². The normalized spacial score (nSPS) is 10.2. The highest BCUT2D eigenvalue weighted by molar-refractivity contribution is 5.89. The van der Waals surface area contributed by atoms with Gasteiger partial charge < -0.3 is 9.84 Å². The monoisotopic (exact) mass is 309 g/mol. The number of hydrogen-bond acceptors (Lipinski definition) is 5. The average molecular weight is 309 g/mol. The van der Waals surface area contributed by atoms with Crippen molar-refractivity contribution in [1.29, 1.82) is 0 Å². The van der Waals surface area contributed by atoms with Crippen molar-refractivity contribution in [2.75, 3.05) is 0 Å². The molecule has 0 aliphatic heterocycles. The van der Waals surface area contributed by atoms with Gasteiger partial charge in [-0.1, -0.05) is 32.6 Å². The van der Waals surface area contributed by atoms with Crippen LogP contribution in [0.25, 0.3) is 0 Å². The molecule has 0 radical (unpaired) electrons. The predicted molar refractivity (Wildman–Crippen MR) is 79.1 cm³/mol. The summed E-state index contributed by atoms with van der Waals surface area (Å²) in [6.45, 7) is 2.09. The van der Waals surface area contributed by atoms with Crippen LogP contribution in [0.15, 0.2) is 18.2 Å². The fourth-order valence-electron chi connectivity index (χ4n) is 1.93. The van der Waals surface area contributed by atoms with Crippen LogP contribution in [-0.4, -0.2) is 22.0 Å². The van der Waals surface area contributed by atoms with Crippen LogP contribution in [-0.2, 0) is 4.79 Å². The van der Waals surface area contributed by atoms with E-state index in [-0.39, 0.29) is 17.7 Å². The molecular formula is C15H19NO6. The fraction of sp³-hybridized carbons (Fsp3) is 0.467. The topological polar surface area (TPSA) is 107 Å². The van der Waals surface area contributed by atoms with Crippen LogP contribution in [0.5, 0.6) is 5.75 Å². The Bertz CT molecular complexity index is 555. The highest BCUT2D eigenvalue weighted by atomic mass is 16.6. The van der Waals surface area contributed by atoms with Crippen molar-refractivity contribution in [3.8, 4) is 5.75 Å². The van der Waals surface area contributed by atoms with Gasteiger partial charge in [-0.25, -0.2) is 4.79 Å². The molecule has 0 atom stereocenters. The van der Waals surface area contributed by atoms with Crippen molar-refractivity contribution in [3.63, 3.8) is 0 Å². The summed E-state index contributed by atoms with van der Waals surface area (Å²) in [6, 6.07) is 3.12. The summed E-state index contributed by atoms with van der Waals surface area (Å²) in [5.74, 6) is -2.17. The number of ether oxygens (including phenoxy) is 1. The number of hydrogen-bond donors (Lipinski definition) is 1. The lowest BCUT2D eigenvalue weighted by atomic mass is 10.1. The molecule has 0 aromatic heterocycles. The maximum Gasteiger partial charge on any atom is 0.335 e. The number of carboxylic acid groups (broad SMARTS) is 1. The van der Waals surface area contributed by atoms with Crippen LogP contribution in [0, 0.1) is 10.1 Å². The number of esters is 1. The second kappa shape index (κ2) is 8.76. The second-order valence-electron chi connectivity index (χ2n) is 4.88. The first-order valence-corrected chi connectivity index (χ1v) is 7.18. The second-order valence-corrected chi connectivity index (χ2v) is 4.88. The van der Waals surface area contributed by atoms with Crippen LogP contribution >= 0.6 is 0 Å². The number of rotatable bonds is 9. The van der Waals surface area contributed by atoms with E-state index in [1.54, 1.807) is 0 Å². The van der Waals surface area contributed by atoms with Gasteiger partial charge in [0.1, 0.15) is 0 Å². The molecule has 0 fully saturated rings. The smallest absolute Gasteiger partial charge is 0.335 e. The Hall–Kier alpha value is -2.44. The van der Waals surface area contributed by atoms with Crippen molar-refractivity contribution in [2.24, 2.45) is 0 Å². The van der Waals surface area contributed by atoms with Gasteiger partial charge in [0.15, 0.2) is 0 Å². The lowest BCUT2D eigenvalue weighted by molar-refractivity contribution is -0.385. The predicted octanol–water partition coefficient (Wildman–Crippen LogP) is 3.56. The van der Waals surface area contributed by atoms with E-state index in [2.05, 4.69) is 6.92 Å². The zero-order valence-corrected chi connectivity index (χ0v) is 12.4. The Labute approximate surface area is 128 Å². The molecule has 1 rings (SSSR count). The van der Waals surface area contributed by atoms with Crippen LogP contribution < -0.4 is 4.74 Å². The Morgan fingerprint density at radius 2 is 1.91 bits per heavy atom. The average Bonchev–Trinajstić information content (AvgIpc) is 2.46. The summed E-state index contributed by atoms with van der Waals surface area (Å²) in [7, 11) is 0. The summed E-state index contributed by atoms with van der Waals surface area (Å²) in [6.07, 6.45) is 4.90. The van der Waals surface area contributed by atoms with Gasteiger partial charge in [0.25, 0.3) is 0 Å². The van der Waals surface area contributed by atoms with Gasteiger partial charge in [-0.3, -0.25) is 14.9 Å². The van der Waals surface area contributed by atoms with Crippen LogP contribution in [0.1, 0.15) is 55.8 Å². The number of nitro benzene ring substituents is 1. The maximum atomic E-state index is 11.7. The molecule has 0 unspecified atom stereocenters. The van der Waals surface area contributed by atoms with E-state index in [4.69, 9.17) is 9.84 Å². The van der Waals surface area contributed by atoms with Crippen molar-refractivity contribution in [2.45, 2.75) is 45.4 Å². The summed E-state index contributed by atoms with van der Waals surface area (Å²) in [5.41, 5.74) is -0.597. The molecule has 1 aromatic carbocycles. The first-order chi connectivity index (χ1) is 10.5. The largest absolute Gasteiger partial charge is 0.478 e. The van der Waals surface area contributed by atoms with Gasteiger partial charge in [0.05, 0.1) is 10.5 Å². The van der Waals surface area contributed by atoms with E-state index in [0.29, 0.717) is 6.42 Å². The number of aromatic carboxylic acids is 1. The lowest BCUT2D eigenvalue weighted by Gasteiger charge is -2.06. The van der Waals surface area contributed by atoms with Crippen molar-refractivity contribution < 1.29 is 24.4 Å². The molecule has 0 saturated carbocycles. The molecule has 0 saturated heterocycles. The summed E-state index contributed by atoms with van der Waals surface area (Å²) in [4.78, 5) is 32.8. The van der Waals surface area contributed by atoms with Crippen molar-refractivity contribution in [3.05, 3.63) is 33.9 Å². The third-order valence-corrected chi connectivity index (χ3v) is 3.11. The number of carbonyl (C=O) groups is 2. The number of nitro groups is 1. The first kappa shape index (κ1) is 17.6. The fourth-order valence-corrected chi connectivity index (χ4v) is 1.93. The van der Waals surface area contributed by atoms with Gasteiger partial charge in [-0.05, 0) is 12.5 Å². The van der Waals surface area contributed by atoms with Gasteiger partial charge in [0, 0.05) is 18.6 Å². The number of unbranched alkanes of at least 4 members (excludes halogenated alkanes) is 4. The Morgan fingerprint density at radius 3 is 2.50 bits per heavy atom. The van der Waals surface area contributed by atoms with E-state index in [0.717, 1.165) is 43.9 Å². The van der Waals surface area contributed by atoms with E-state index in [1.165, 1.54) is 0 Å². The number of carboxylic acids is 1. The van der Waals surface area contributed by atoms with Crippen molar-refractivity contribution in [1.82, 2.24) is 0 Å². The minimum absolute atomic E-state index is 0.151. The molecule has 0 aliphatic carbocycles. The molecule has 120 valence electrons. The molecule has 0 aliphatic rings. The quantitative estimate of drug-likeness (QED) is 0.246. The van der Waals surface area contributed by atoms with Gasteiger partial charge in [-0.15, -0.1) is 0 Å². The molecule has 0 amide bonds. The van der Waals surface area contributed by atoms with Gasteiger partial charge in [0.2, 0.25) is 5.75 Å². The summed E-state index contributed by atoms with van der Waals surface area (Å²) >= 11 is 0. The zero-order chi connectivity index (χ0) is 16.5. The van der Waals surface area contributed by atoms with Crippen molar-refractivity contribution >= 4 is 17.6 Å². The summed E-state index contributed by atoms with van der Waals surface area (Å²) < 4.78 is 4.96. The number of nitrogens with zero attached hydrogens (tertiary/aromatic N) is 1. The molecule has 7 heteroatoms. The third kappa shape index (κ3) is 5.51. The lowest BCUT2D eigenvalue weighted by Crippen LogP contribution is -2.10. The summed E-state index contributed by atoms with van der Waals surface area (Å²) in [5, 5.41) is 19.8. The minimum Gasteiger partial charge on any atom is -0.478 e. The van der Waals surface area contributed by atoms with E-state index in [1.807, 2.05) is 0 Å². The molecule has 0 spiro atoms. The molecule has 1 N–H and O–H groups in total. The Kier molecular flexibility index (Phi) is 7.01. The maximum absolute atomic E-state index is 11.7. The molecule has 0 bridgehead atoms.